The molecule has 0 aliphatic carbocycles. The predicted octanol–water partition coefficient (Wildman–Crippen LogP) is 1.20. The normalized spacial score (nSPS) is 10.2. The van der Waals surface area contributed by atoms with Crippen molar-refractivity contribution >= 4 is 12.3 Å². The van der Waals surface area contributed by atoms with Crippen molar-refractivity contribution in [3.05, 3.63) is 0 Å². The van der Waals surface area contributed by atoms with Gasteiger partial charge in [0.1, 0.15) is 0 Å². The maximum Gasteiger partial charge on any atom is 0.513 e. The molecule has 0 fully saturated rings. The summed E-state index contributed by atoms with van der Waals surface area (Å²) in [6, 6.07) is -2.90. The third-order valence-electron chi connectivity index (χ3n) is 0.865. The first-order valence-electron chi connectivity index (χ1n) is 3.14. The summed E-state index contributed by atoms with van der Waals surface area (Å²) in [6.07, 6.45) is -2.62. The summed E-state index contributed by atoms with van der Waals surface area (Å²) in [5.41, 5.74) is 0. The quantitative estimate of drug-likeness (QED) is 0.488. The molecule has 0 radical (unpaired) electrons. The van der Waals surface area contributed by atoms with Crippen molar-refractivity contribution in [3.63, 3.8) is 0 Å². The van der Waals surface area contributed by atoms with E-state index >= 15 is 0 Å². The lowest BCUT2D eigenvalue weighted by atomic mass is 10.7. The van der Waals surface area contributed by atoms with E-state index in [0.29, 0.717) is 6.92 Å². The van der Waals surface area contributed by atoms with Crippen LogP contribution in [0.1, 0.15) is 6.92 Å². The molecule has 0 N–H and O–H groups in total. The standard InChI is InChI=1S/C6H9FO6/c1-6(7,12-4(8)10-2)13-5(9)11-3/h1-3H3. The van der Waals surface area contributed by atoms with Crippen molar-refractivity contribution < 1.29 is 32.9 Å². The van der Waals surface area contributed by atoms with Crippen LogP contribution >= 0.6 is 0 Å². The largest absolute Gasteiger partial charge is 0.513 e. The van der Waals surface area contributed by atoms with Gasteiger partial charge >= 0.3 is 18.4 Å². The minimum absolute atomic E-state index is 0.709. The fourth-order valence-electron chi connectivity index (χ4n) is 0.402. The van der Waals surface area contributed by atoms with Crippen molar-refractivity contribution in [1.82, 2.24) is 0 Å². The molecule has 0 saturated heterocycles. The van der Waals surface area contributed by atoms with E-state index in [1.54, 1.807) is 0 Å². The van der Waals surface area contributed by atoms with E-state index in [2.05, 4.69) is 18.9 Å². The zero-order chi connectivity index (χ0) is 10.5. The second kappa shape index (κ2) is 4.48. The monoisotopic (exact) mass is 196 g/mol. The molecule has 0 spiro atoms. The molecule has 0 aliphatic heterocycles. The maximum atomic E-state index is 12.9. The maximum absolute atomic E-state index is 12.9. The van der Waals surface area contributed by atoms with Gasteiger partial charge in [-0.1, -0.05) is 0 Å². The number of halogens is 1. The molecule has 0 aromatic heterocycles. The minimum Gasteiger partial charge on any atom is -0.437 e. The first kappa shape index (κ1) is 11.5. The topological polar surface area (TPSA) is 71.1 Å². The number of alkyl halides is 1. The highest BCUT2D eigenvalue weighted by molar-refractivity contribution is 5.62. The van der Waals surface area contributed by atoms with Gasteiger partial charge < -0.3 is 18.9 Å². The molecule has 13 heavy (non-hydrogen) atoms. The van der Waals surface area contributed by atoms with E-state index in [0.717, 1.165) is 14.2 Å². The van der Waals surface area contributed by atoms with E-state index in [1.165, 1.54) is 0 Å². The number of hydrogen-bond acceptors (Lipinski definition) is 6. The number of ether oxygens (including phenoxy) is 4. The Morgan fingerprint density at radius 2 is 1.38 bits per heavy atom. The SMILES string of the molecule is COC(=O)OC(C)(F)OC(=O)OC. The summed E-state index contributed by atoms with van der Waals surface area (Å²) in [6.45, 7) is 0.709. The molecule has 0 rings (SSSR count). The van der Waals surface area contributed by atoms with Gasteiger partial charge in [-0.3, -0.25) is 0 Å². The van der Waals surface area contributed by atoms with Crippen molar-refractivity contribution in [2.24, 2.45) is 0 Å². The summed E-state index contributed by atoms with van der Waals surface area (Å²) in [4.78, 5) is 20.8. The molecule has 0 bridgehead atoms. The lowest BCUT2D eigenvalue weighted by molar-refractivity contribution is -0.255. The average molecular weight is 196 g/mol. The van der Waals surface area contributed by atoms with E-state index < -0.39 is 18.4 Å². The Morgan fingerprint density at radius 3 is 1.62 bits per heavy atom. The molecule has 0 aromatic carbocycles. The molecule has 6 nitrogen and oxygen atoms in total. The van der Waals surface area contributed by atoms with Crippen LogP contribution in [0.25, 0.3) is 0 Å². The molecule has 76 valence electrons. The van der Waals surface area contributed by atoms with Gasteiger partial charge in [0.25, 0.3) is 0 Å². The van der Waals surface area contributed by atoms with Gasteiger partial charge in [0.2, 0.25) is 0 Å². The van der Waals surface area contributed by atoms with E-state index in [1.807, 2.05) is 0 Å². The highest BCUT2D eigenvalue weighted by Gasteiger charge is 2.34. The molecule has 0 aliphatic rings. The number of rotatable bonds is 2. The van der Waals surface area contributed by atoms with E-state index in [4.69, 9.17) is 0 Å². The Labute approximate surface area is 73.5 Å². The summed E-state index contributed by atoms with van der Waals surface area (Å²) in [5.74, 6) is 0. The van der Waals surface area contributed by atoms with Crippen LogP contribution in [-0.4, -0.2) is 32.6 Å². The van der Waals surface area contributed by atoms with Crippen LogP contribution < -0.4 is 0 Å². The summed E-state index contributed by atoms with van der Waals surface area (Å²) < 4.78 is 28.7. The molecule has 0 amide bonds. The number of methoxy groups -OCH3 is 2. The molecule has 0 aromatic rings. The molecule has 0 atom stereocenters. The fraction of sp³-hybridized carbons (Fsp3) is 0.667. The smallest absolute Gasteiger partial charge is 0.437 e. The van der Waals surface area contributed by atoms with Crippen LogP contribution in [-0.2, 0) is 18.9 Å². The third-order valence-corrected chi connectivity index (χ3v) is 0.865. The van der Waals surface area contributed by atoms with Crippen LogP contribution in [0.3, 0.4) is 0 Å². The van der Waals surface area contributed by atoms with Gasteiger partial charge in [0.05, 0.1) is 14.2 Å². The van der Waals surface area contributed by atoms with Crippen molar-refractivity contribution in [2.45, 2.75) is 13.0 Å². The van der Waals surface area contributed by atoms with Crippen LogP contribution in [0, 0.1) is 0 Å². The molecular weight excluding hydrogens is 187 g/mol. The number of hydrogen-bond donors (Lipinski definition) is 0. The van der Waals surface area contributed by atoms with Gasteiger partial charge in [-0.15, -0.1) is 0 Å². The van der Waals surface area contributed by atoms with Crippen LogP contribution in [0.2, 0.25) is 0 Å². The predicted molar refractivity (Wildman–Crippen MR) is 36.5 cm³/mol. The molecule has 0 heterocycles. The zero-order valence-electron chi connectivity index (χ0n) is 7.33. The van der Waals surface area contributed by atoms with Gasteiger partial charge in [-0.25, -0.2) is 9.59 Å². The molecule has 7 heteroatoms. The van der Waals surface area contributed by atoms with Crippen molar-refractivity contribution in [2.75, 3.05) is 14.2 Å². The van der Waals surface area contributed by atoms with Gasteiger partial charge in [-0.2, -0.15) is 4.39 Å². The fourth-order valence-corrected chi connectivity index (χ4v) is 0.402. The molecule has 0 saturated carbocycles. The first-order chi connectivity index (χ1) is 5.91. The summed E-state index contributed by atoms with van der Waals surface area (Å²) >= 11 is 0. The lowest BCUT2D eigenvalue weighted by Gasteiger charge is -2.18. The Balaban J connectivity index is 4.07. The minimum atomic E-state index is -2.90. The Hall–Kier alpha value is -1.53. The Morgan fingerprint density at radius 1 is 1.08 bits per heavy atom. The van der Waals surface area contributed by atoms with E-state index in [9.17, 15) is 14.0 Å². The second-order valence-corrected chi connectivity index (χ2v) is 1.95. The third kappa shape index (κ3) is 4.83. The van der Waals surface area contributed by atoms with Crippen LogP contribution in [0.4, 0.5) is 14.0 Å². The Bertz CT molecular complexity index is 181. The molecular formula is C6H9FO6. The second-order valence-electron chi connectivity index (χ2n) is 1.95. The summed E-state index contributed by atoms with van der Waals surface area (Å²) in [7, 11) is 1.97. The van der Waals surface area contributed by atoms with Gasteiger partial charge in [0.15, 0.2) is 0 Å². The van der Waals surface area contributed by atoms with Crippen LogP contribution in [0.5, 0.6) is 0 Å². The average Bonchev–Trinajstić information content (AvgIpc) is 2.02. The zero-order valence-corrected chi connectivity index (χ0v) is 7.33. The number of carbonyl (C=O) groups is 2. The molecule has 0 unspecified atom stereocenters. The first-order valence-corrected chi connectivity index (χ1v) is 3.14. The highest BCUT2D eigenvalue weighted by atomic mass is 19.2. The van der Waals surface area contributed by atoms with Crippen molar-refractivity contribution in [1.29, 1.82) is 0 Å². The van der Waals surface area contributed by atoms with Gasteiger partial charge in [0, 0.05) is 6.92 Å². The van der Waals surface area contributed by atoms with Crippen LogP contribution in [0.15, 0.2) is 0 Å². The van der Waals surface area contributed by atoms with E-state index in [-0.39, 0.29) is 0 Å². The Kier molecular flexibility index (Phi) is 3.96. The van der Waals surface area contributed by atoms with Gasteiger partial charge in [-0.05, 0) is 0 Å². The number of carbonyl (C=O) groups excluding carboxylic acids is 2. The lowest BCUT2D eigenvalue weighted by Crippen LogP contribution is -2.32. The van der Waals surface area contributed by atoms with Crippen molar-refractivity contribution in [3.8, 4) is 0 Å². The highest BCUT2D eigenvalue weighted by Crippen LogP contribution is 2.15. The summed E-state index contributed by atoms with van der Waals surface area (Å²) in [5, 5.41) is 0.